The summed E-state index contributed by atoms with van der Waals surface area (Å²) in [5.41, 5.74) is 2.38. The predicted octanol–water partition coefficient (Wildman–Crippen LogP) is 1.25. The molecule has 0 aliphatic heterocycles. The van der Waals surface area contributed by atoms with Crippen LogP contribution >= 0.6 is 0 Å². The van der Waals surface area contributed by atoms with Gasteiger partial charge in [0.05, 0.1) is 0 Å². The molecule has 0 saturated carbocycles. The van der Waals surface area contributed by atoms with Crippen molar-refractivity contribution in [1.82, 2.24) is 13.9 Å². The summed E-state index contributed by atoms with van der Waals surface area (Å²) in [6, 6.07) is 8.31. The van der Waals surface area contributed by atoms with E-state index >= 15 is 0 Å². The average molecular weight is 299 g/mol. The van der Waals surface area contributed by atoms with E-state index in [9.17, 15) is 8.42 Å². The highest BCUT2D eigenvalue weighted by molar-refractivity contribution is 7.87. The summed E-state index contributed by atoms with van der Waals surface area (Å²) >= 11 is 0. The first-order chi connectivity index (χ1) is 9.27. The van der Waals surface area contributed by atoms with Gasteiger partial charge in [-0.2, -0.15) is 12.7 Å². The number of benzene rings is 1. The average Bonchev–Trinajstić information content (AvgIpc) is 2.39. The number of hydrogen-bond acceptors (Lipinski definition) is 3. The van der Waals surface area contributed by atoms with Crippen LogP contribution in [0.25, 0.3) is 0 Å². The SMILES string of the molecule is CCc1ccc(C(CNS(=O)(=O)N(C)C)N(C)C)cc1. The fraction of sp³-hybridized carbons (Fsp3) is 0.571. The van der Waals surface area contributed by atoms with Crippen molar-refractivity contribution >= 4 is 10.2 Å². The molecule has 0 aliphatic carbocycles. The van der Waals surface area contributed by atoms with Gasteiger partial charge < -0.3 is 4.90 Å². The Hall–Kier alpha value is -0.950. The molecule has 6 heteroatoms. The van der Waals surface area contributed by atoms with Crippen molar-refractivity contribution < 1.29 is 8.42 Å². The van der Waals surface area contributed by atoms with E-state index in [0.717, 1.165) is 12.0 Å². The molecule has 0 saturated heterocycles. The lowest BCUT2D eigenvalue weighted by Gasteiger charge is -2.26. The van der Waals surface area contributed by atoms with E-state index in [1.807, 2.05) is 19.0 Å². The van der Waals surface area contributed by atoms with Crippen LogP contribution < -0.4 is 4.72 Å². The van der Waals surface area contributed by atoms with E-state index in [4.69, 9.17) is 0 Å². The Bertz CT molecular complexity index is 510. The second kappa shape index (κ2) is 7.17. The molecule has 0 bridgehead atoms. The van der Waals surface area contributed by atoms with Crippen LogP contribution in [0.15, 0.2) is 24.3 Å². The van der Waals surface area contributed by atoms with E-state index in [-0.39, 0.29) is 6.04 Å². The van der Waals surface area contributed by atoms with Gasteiger partial charge in [-0.15, -0.1) is 0 Å². The molecule has 0 aliphatic rings. The highest BCUT2D eigenvalue weighted by atomic mass is 32.2. The van der Waals surface area contributed by atoms with E-state index in [1.54, 1.807) is 0 Å². The molecule has 1 aromatic rings. The van der Waals surface area contributed by atoms with Crippen molar-refractivity contribution in [1.29, 1.82) is 0 Å². The van der Waals surface area contributed by atoms with Gasteiger partial charge in [-0.25, -0.2) is 4.72 Å². The lowest BCUT2D eigenvalue weighted by atomic mass is 10.0. The summed E-state index contributed by atoms with van der Waals surface area (Å²) < 4.78 is 27.4. The fourth-order valence-corrected chi connectivity index (χ4v) is 2.51. The summed E-state index contributed by atoms with van der Waals surface area (Å²) in [6.45, 7) is 2.46. The van der Waals surface area contributed by atoms with Gasteiger partial charge in [0.15, 0.2) is 0 Å². The third-order valence-corrected chi connectivity index (χ3v) is 4.83. The van der Waals surface area contributed by atoms with Crippen LogP contribution in [0.4, 0.5) is 0 Å². The van der Waals surface area contributed by atoms with Crippen LogP contribution in [0.3, 0.4) is 0 Å². The maximum absolute atomic E-state index is 11.8. The molecule has 0 spiro atoms. The Balaban J connectivity index is 2.84. The van der Waals surface area contributed by atoms with Crippen molar-refractivity contribution in [2.75, 3.05) is 34.7 Å². The third kappa shape index (κ3) is 4.56. The molecule has 0 heterocycles. The van der Waals surface area contributed by atoms with Gasteiger partial charge in [-0.1, -0.05) is 31.2 Å². The number of hydrogen-bond donors (Lipinski definition) is 1. The number of nitrogens with one attached hydrogen (secondary N) is 1. The predicted molar refractivity (Wildman–Crippen MR) is 82.9 cm³/mol. The van der Waals surface area contributed by atoms with E-state index in [0.29, 0.717) is 6.54 Å². The molecule has 1 N–H and O–H groups in total. The van der Waals surface area contributed by atoms with Gasteiger partial charge in [0.25, 0.3) is 10.2 Å². The molecule has 0 aromatic heterocycles. The lowest BCUT2D eigenvalue weighted by molar-refractivity contribution is 0.298. The van der Waals surface area contributed by atoms with Crippen molar-refractivity contribution in [3.63, 3.8) is 0 Å². The quantitative estimate of drug-likeness (QED) is 0.824. The summed E-state index contributed by atoms with van der Waals surface area (Å²) in [5.74, 6) is 0. The molecule has 1 unspecified atom stereocenters. The first-order valence-corrected chi connectivity index (χ1v) is 8.14. The second-order valence-electron chi connectivity index (χ2n) is 5.21. The molecule has 114 valence electrons. The first kappa shape index (κ1) is 17.1. The van der Waals surface area contributed by atoms with Crippen LogP contribution in [-0.4, -0.2) is 52.4 Å². The van der Waals surface area contributed by atoms with E-state index < -0.39 is 10.2 Å². The molecule has 0 amide bonds. The largest absolute Gasteiger partial charge is 0.301 e. The maximum atomic E-state index is 11.8. The Morgan fingerprint density at radius 3 is 2.05 bits per heavy atom. The zero-order valence-corrected chi connectivity index (χ0v) is 13.7. The summed E-state index contributed by atoms with van der Waals surface area (Å²) in [4.78, 5) is 2.01. The monoisotopic (exact) mass is 299 g/mol. The summed E-state index contributed by atoms with van der Waals surface area (Å²) in [6.07, 6.45) is 1.00. The number of aryl methyl sites for hydroxylation is 1. The Morgan fingerprint density at radius 2 is 1.65 bits per heavy atom. The normalized spacial score (nSPS) is 13.9. The number of rotatable bonds is 7. The zero-order chi connectivity index (χ0) is 15.3. The number of likely N-dealkylation sites (N-methyl/N-ethyl adjacent to an activating group) is 1. The lowest BCUT2D eigenvalue weighted by Crippen LogP contribution is -2.40. The van der Waals surface area contributed by atoms with Crippen molar-refractivity contribution in [3.05, 3.63) is 35.4 Å². The zero-order valence-electron chi connectivity index (χ0n) is 12.9. The molecule has 0 fully saturated rings. The van der Waals surface area contributed by atoms with Crippen LogP contribution in [0.5, 0.6) is 0 Å². The standard InChI is InChI=1S/C14H25N3O2S/c1-6-12-7-9-13(10-8-12)14(16(2)3)11-15-20(18,19)17(4)5/h7-10,14-15H,6,11H2,1-5H3. The molecule has 20 heavy (non-hydrogen) atoms. The van der Waals surface area contributed by atoms with Crippen LogP contribution in [0.1, 0.15) is 24.1 Å². The van der Waals surface area contributed by atoms with Crippen molar-refractivity contribution in [3.8, 4) is 0 Å². The van der Waals surface area contributed by atoms with Gasteiger partial charge in [-0.05, 0) is 31.6 Å². The van der Waals surface area contributed by atoms with Crippen molar-refractivity contribution in [2.45, 2.75) is 19.4 Å². The van der Waals surface area contributed by atoms with Crippen LogP contribution in [0.2, 0.25) is 0 Å². The minimum atomic E-state index is -3.39. The van der Waals surface area contributed by atoms with Crippen LogP contribution in [0, 0.1) is 0 Å². The van der Waals surface area contributed by atoms with Gasteiger partial charge in [0, 0.05) is 26.7 Å². The number of nitrogens with zero attached hydrogens (tertiary/aromatic N) is 2. The smallest absolute Gasteiger partial charge is 0.278 e. The highest BCUT2D eigenvalue weighted by Crippen LogP contribution is 2.18. The minimum Gasteiger partial charge on any atom is -0.301 e. The van der Waals surface area contributed by atoms with Gasteiger partial charge in [-0.3, -0.25) is 0 Å². The second-order valence-corrected chi connectivity index (χ2v) is 7.18. The molecule has 1 atom stereocenters. The van der Waals surface area contributed by atoms with Gasteiger partial charge >= 0.3 is 0 Å². The molecule has 5 nitrogen and oxygen atoms in total. The molecular weight excluding hydrogens is 274 g/mol. The minimum absolute atomic E-state index is 0.00984. The van der Waals surface area contributed by atoms with E-state index in [2.05, 4.69) is 35.9 Å². The van der Waals surface area contributed by atoms with Gasteiger partial charge in [0.1, 0.15) is 0 Å². The highest BCUT2D eigenvalue weighted by Gasteiger charge is 2.19. The molecule has 1 aromatic carbocycles. The maximum Gasteiger partial charge on any atom is 0.278 e. The summed E-state index contributed by atoms with van der Waals surface area (Å²) in [7, 11) is 3.54. The fourth-order valence-electron chi connectivity index (χ4n) is 1.89. The van der Waals surface area contributed by atoms with E-state index in [1.165, 1.54) is 24.0 Å². The third-order valence-electron chi connectivity index (χ3n) is 3.34. The molecular formula is C14H25N3O2S. The first-order valence-electron chi connectivity index (χ1n) is 6.70. The van der Waals surface area contributed by atoms with Gasteiger partial charge in [0.2, 0.25) is 0 Å². The van der Waals surface area contributed by atoms with Crippen LogP contribution in [-0.2, 0) is 16.6 Å². The Labute approximate surface area is 122 Å². The topological polar surface area (TPSA) is 52.7 Å². The molecule has 0 radical (unpaired) electrons. The Kier molecular flexibility index (Phi) is 6.13. The van der Waals surface area contributed by atoms with Crippen molar-refractivity contribution in [2.24, 2.45) is 0 Å². The molecule has 1 rings (SSSR count). The summed E-state index contributed by atoms with van der Waals surface area (Å²) in [5, 5.41) is 0. The Morgan fingerprint density at radius 1 is 1.10 bits per heavy atom.